The van der Waals surface area contributed by atoms with Gasteiger partial charge in [0.05, 0.1) is 10.6 Å². The third kappa shape index (κ3) is 3.54. The number of para-hydroxylation sites is 1. The van der Waals surface area contributed by atoms with E-state index < -0.39 is 0 Å². The summed E-state index contributed by atoms with van der Waals surface area (Å²) in [6.45, 7) is 1.11. The number of benzene rings is 2. The summed E-state index contributed by atoms with van der Waals surface area (Å²) < 4.78 is 7.61. The van der Waals surface area contributed by atoms with Crippen molar-refractivity contribution in [1.29, 1.82) is 0 Å². The minimum atomic E-state index is -0.0324. The normalized spacial score (nSPS) is 12.0. The number of aromatic nitrogens is 2. The molecule has 1 aliphatic heterocycles. The van der Waals surface area contributed by atoms with E-state index in [-0.39, 0.29) is 5.91 Å². The molecule has 0 saturated heterocycles. The van der Waals surface area contributed by atoms with Crippen LogP contribution in [0.1, 0.15) is 20.8 Å². The van der Waals surface area contributed by atoms with Gasteiger partial charge in [0.2, 0.25) is 0 Å². The summed E-state index contributed by atoms with van der Waals surface area (Å²) in [5, 5.41) is 7.26. The Labute approximate surface area is 172 Å². The Morgan fingerprint density at radius 3 is 2.83 bits per heavy atom. The van der Waals surface area contributed by atoms with Crippen LogP contribution < -0.4 is 10.1 Å². The molecule has 2 aromatic heterocycles. The minimum absolute atomic E-state index is 0.0324. The van der Waals surface area contributed by atoms with Crippen molar-refractivity contribution in [2.45, 2.75) is 13.0 Å². The summed E-state index contributed by atoms with van der Waals surface area (Å²) in [6, 6.07) is 20.0. The molecular formula is C23H19N3O2S. The lowest BCUT2D eigenvalue weighted by Gasteiger charge is -2.16. The Kier molecular flexibility index (Phi) is 4.62. The number of ether oxygens (including phenoxy) is 1. The number of hydrogen-bond acceptors (Lipinski definition) is 4. The van der Waals surface area contributed by atoms with Crippen molar-refractivity contribution >= 4 is 17.2 Å². The first-order valence-electron chi connectivity index (χ1n) is 9.50. The van der Waals surface area contributed by atoms with Gasteiger partial charge in [-0.3, -0.25) is 4.79 Å². The second-order valence-corrected chi connectivity index (χ2v) is 7.93. The van der Waals surface area contributed by atoms with Crippen molar-refractivity contribution in [2.24, 2.45) is 0 Å². The monoisotopic (exact) mass is 401 g/mol. The Balaban J connectivity index is 1.22. The molecule has 5 nitrogen and oxygen atoms in total. The lowest BCUT2D eigenvalue weighted by atomic mass is 10.1. The van der Waals surface area contributed by atoms with Crippen LogP contribution in [-0.2, 0) is 13.0 Å². The maximum absolute atomic E-state index is 12.6. The number of carbonyl (C=O) groups is 1. The highest BCUT2D eigenvalue weighted by molar-refractivity contribution is 7.17. The Morgan fingerprint density at radius 2 is 2.00 bits per heavy atom. The van der Waals surface area contributed by atoms with Crippen molar-refractivity contribution in [3.63, 3.8) is 0 Å². The van der Waals surface area contributed by atoms with Gasteiger partial charge in [0, 0.05) is 34.9 Å². The highest BCUT2D eigenvalue weighted by Gasteiger charge is 2.22. The van der Waals surface area contributed by atoms with Gasteiger partial charge >= 0.3 is 0 Å². The summed E-state index contributed by atoms with van der Waals surface area (Å²) >= 11 is 1.53. The minimum Gasteiger partial charge on any atom is -0.488 e. The topological polar surface area (TPSA) is 56.2 Å². The van der Waals surface area contributed by atoms with Crippen LogP contribution in [0, 0.1) is 0 Å². The van der Waals surface area contributed by atoms with Crippen molar-refractivity contribution in [1.82, 2.24) is 15.1 Å². The van der Waals surface area contributed by atoms with Crippen LogP contribution in [0.25, 0.3) is 16.1 Å². The molecule has 0 atom stereocenters. The third-order valence-electron chi connectivity index (χ3n) is 4.95. The van der Waals surface area contributed by atoms with Crippen molar-refractivity contribution in [3.05, 3.63) is 89.1 Å². The molecule has 0 unspecified atom stereocenters. The van der Waals surface area contributed by atoms with Crippen molar-refractivity contribution in [3.8, 4) is 21.9 Å². The average molecular weight is 401 g/mol. The standard InChI is InChI=1S/C23H19N3O2S/c27-23(21-14-17-15-28-20-5-2-1-4-19(20)22(17)29-21)24-12-10-16-6-8-18(9-7-16)26-13-3-11-25-26/h1-9,11,13-14H,10,12,15H2,(H,24,27). The quantitative estimate of drug-likeness (QED) is 0.537. The first kappa shape index (κ1) is 17.7. The van der Waals surface area contributed by atoms with Gasteiger partial charge < -0.3 is 10.1 Å². The molecule has 4 aromatic rings. The zero-order valence-corrected chi connectivity index (χ0v) is 16.5. The van der Waals surface area contributed by atoms with E-state index in [0.29, 0.717) is 13.2 Å². The second-order valence-electron chi connectivity index (χ2n) is 6.87. The fourth-order valence-electron chi connectivity index (χ4n) is 3.46. The maximum Gasteiger partial charge on any atom is 0.261 e. The number of thiophene rings is 1. The Bertz CT molecular complexity index is 1150. The lowest BCUT2D eigenvalue weighted by Crippen LogP contribution is -2.24. The van der Waals surface area contributed by atoms with Gasteiger partial charge in [0.15, 0.2) is 0 Å². The van der Waals surface area contributed by atoms with Crippen LogP contribution in [0.4, 0.5) is 0 Å². The fraction of sp³-hybridized carbons (Fsp3) is 0.130. The molecule has 0 bridgehead atoms. The Morgan fingerprint density at radius 1 is 1.14 bits per heavy atom. The highest BCUT2D eigenvalue weighted by Crippen LogP contribution is 2.42. The van der Waals surface area contributed by atoms with Crippen LogP contribution in [0.15, 0.2) is 73.1 Å². The van der Waals surface area contributed by atoms with Crippen molar-refractivity contribution < 1.29 is 9.53 Å². The van der Waals surface area contributed by atoms with Crippen molar-refractivity contribution in [2.75, 3.05) is 6.54 Å². The molecule has 0 fully saturated rings. The number of nitrogens with one attached hydrogen (secondary N) is 1. The number of rotatable bonds is 5. The van der Waals surface area contributed by atoms with E-state index in [4.69, 9.17) is 4.74 Å². The van der Waals surface area contributed by atoms with Crippen LogP contribution >= 0.6 is 11.3 Å². The molecule has 6 heteroatoms. The molecule has 1 aliphatic rings. The van der Waals surface area contributed by atoms with E-state index in [0.717, 1.165) is 38.7 Å². The molecule has 1 N–H and O–H groups in total. The highest BCUT2D eigenvalue weighted by atomic mass is 32.1. The number of fused-ring (bicyclic) bond motifs is 3. The molecule has 5 rings (SSSR count). The number of hydrogen-bond donors (Lipinski definition) is 1. The third-order valence-corrected chi connectivity index (χ3v) is 6.16. The molecule has 2 aromatic carbocycles. The van der Waals surface area contributed by atoms with E-state index in [1.54, 1.807) is 6.20 Å². The van der Waals surface area contributed by atoms with Crippen LogP contribution in [0.3, 0.4) is 0 Å². The summed E-state index contributed by atoms with van der Waals surface area (Å²) in [7, 11) is 0. The number of amides is 1. The van der Waals surface area contributed by atoms with Gasteiger partial charge in [-0.25, -0.2) is 4.68 Å². The molecule has 0 spiro atoms. The maximum atomic E-state index is 12.6. The van der Waals surface area contributed by atoms with E-state index in [9.17, 15) is 4.79 Å². The van der Waals surface area contributed by atoms with Gasteiger partial charge in [-0.1, -0.05) is 24.3 Å². The smallest absolute Gasteiger partial charge is 0.261 e. The van der Waals surface area contributed by atoms with E-state index >= 15 is 0 Å². The van der Waals surface area contributed by atoms with Crippen LogP contribution in [0.2, 0.25) is 0 Å². The number of nitrogens with zero attached hydrogens (tertiary/aromatic N) is 2. The number of carbonyl (C=O) groups excluding carboxylic acids is 1. The molecule has 0 aliphatic carbocycles. The van der Waals surface area contributed by atoms with E-state index in [1.165, 1.54) is 16.9 Å². The summed E-state index contributed by atoms with van der Waals surface area (Å²) in [5.41, 5.74) is 4.34. The predicted octanol–water partition coefficient (Wildman–Crippen LogP) is 4.47. The SMILES string of the molecule is O=C(NCCc1ccc(-n2cccn2)cc1)c1cc2c(s1)-c1ccccc1OC2. The lowest BCUT2D eigenvalue weighted by molar-refractivity contribution is 0.0958. The molecule has 144 valence electrons. The largest absolute Gasteiger partial charge is 0.488 e. The van der Waals surface area contributed by atoms with Gasteiger partial charge in [0.1, 0.15) is 12.4 Å². The molecule has 29 heavy (non-hydrogen) atoms. The Hall–Kier alpha value is -3.38. The molecule has 0 radical (unpaired) electrons. The van der Waals surface area contributed by atoms with Gasteiger partial charge in [-0.05, 0) is 48.4 Å². The first-order valence-corrected chi connectivity index (χ1v) is 10.3. The average Bonchev–Trinajstić information content (AvgIpc) is 3.44. The summed E-state index contributed by atoms with van der Waals surface area (Å²) in [5.74, 6) is 0.849. The van der Waals surface area contributed by atoms with E-state index in [2.05, 4.69) is 22.5 Å². The van der Waals surface area contributed by atoms with Crippen LogP contribution in [-0.4, -0.2) is 22.2 Å². The van der Waals surface area contributed by atoms with E-state index in [1.807, 2.05) is 59.4 Å². The first-order chi connectivity index (χ1) is 14.3. The van der Waals surface area contributed by atoms with Gasteiger partial charge in [0.25, 0.3) is 5.91 Å². The second kappa shape index (κ2) is 7.56. The summed E-state index contributed by atoms with van der Waals surface area (Å²) in [4.78, 5) is 14.5. The molecule has 0 saturated carbocycles. The van der Waals surface area contributed by atoms with Gasteiger partial charge in [-0.2, -0.15) is 5.10 Å². The molecular weight excluding hydrogens is 382 g/mol. The molecule has 3 heterocycles. The predicted molar refractivity (Wildman–Crippen MR) is 114 cm³/mol. The fourth-order valence-corrected chi connectivity index (χ4v) is 4.57. The van der Waals surface area contributed by atoms with Gasteiger partial charge in [-0.15, -0.1) is 11.3 Å². The zero-order chi connectivity index (χ0) is 19.6. The molecule has 1 amide bonds. The summed E-state index contributed by atoms with van der Waals surface area (Å²) in [6.07, 6.45) is 4.46. The zero-order valence-electron chi connectivity index (χ0n) is 15.7. The van der Waals surface area contributed by atoms with Crippen LogP contribution in [0.5, 0.6) is 5.75 Å².